The van der Waals surface area contributed by atoms with Crippen molar-refractivity contribution in [1.29, 1.82) is 0 Å². The zero-order valence-corrected chi connectivity index (χ0v) is 19.9. The van der Waals surface area contributed by atoms with E-state index in [-0.39, 0.29) is 24.0 Å². The van der Waals surface area contributed by atoms with Crippen LogP contribution >= 0.6 is 34.8 Å². The summed E-state index contributed by atoms with van der Waals surface area (Å²) in [6.07, 6.45) is 1.14. The molecular weight excluding hydrogens is 477 g/mol. The molecule has 0 N–H and O–H groups in total. The van der Waals surface area contributed by atoms with Crippen molar-refractivity contribution in [1.82, 2.24) is 0 Å². The Morgan fingerprint density at radius 1 is 0.758 bits per heavy atom. The van der Waals surface area contributed by atoms with Gasteiger partial charge in [0.2, 0.25) is 5.91 Å². The lowest BCUT2D eigenvalue weighted by Crippen LogP contribution is -2.41. The lowest BCUT2D eigenvalue weighted by molar-refractivity contribution is -0.120. The van der Waals surface area contributed by atoms with Crippen LogP contribution < -0.4 is 4.90 Å². The zero-order chi connectivity index (χ0) is 23.1. The SMILES string of the molecule is O=C1CC(c2ccccc2)CC2=C1C(c1ccc(Cl)cc1Cl)CC(=O)N2c1ccc(Cl)cc1. The van der Waals surface area contributed by atoms with E-state index in [0.717, 1.165) is 16.8 Å². The standard InChI is InChI=1S/C27H20Cl3NO2/c28-18-6-9-20(10-7-18)31-24-12-17(16-4-2-1-3-5-16)13-25(32)27(24)22(15-26(31)33)21-11-8-19(29)14-23(21)30/h1-11,14,17,22H,12-13,15H2. The molecular formula is C27H20Cl3NO2. The summed E-state index contributed by atoms with van der Waals surface area (Å²) in [7, 11) is 0. The van der Waals surface area contributed by atoms with Crippen molar-refractivity contribution in [3.8, 4) is 0 Å². The number of ketones is 1. The van der Waals surface area contributed by atoms with Gasteiger partial charge < -0.3 is 0 Å². The molecule has 0 saturated carbocycles. The van der Waals surface area contributed by atoms with E-state index in [0.29, 0.717) is 39.2 Å². The van der Waals surface area contributed by atoms with Crippen LogP contribution in [0.5, 0.6) is 0 Å². The molecule has 0 fully saturated rings. The summed E-state index contributed by atoms with van der Waals surface area (Å²) in [6, 6.07) is 22.4. The molecule has 33 heavy (non-hydrogen) atoms. The summed E-state index contributed by atoms with van der Waals surface area (Å²) < 4.78 is 0. The third-order valence-electron chi connectivity index (χ3n) is 6.42. The number of amides is 1. The van der Waals surface area contributed by atoms with Crippen molar-refractivity contribution in [2.75, 3.05) is 4.90 Å². The number of Topliss-reactive ketones (excluding diaryl/α,β-unsaturated/α-hetero) is 1. The smallest absolute Gasteiger partial charge is 0.232 e. The third-order valence-corrected chi connectivity index (χ3v) is 7.24. The highest BCUT2D eigenvalue weighted by Crippen LogP contribution is 2.48. The quantitative estimate of drug-likeness (QED) is 0.375. The fraction of sp³-hybridized carbons (Fsp3) is 0.185. The molecule has 2 atom stereocenters. The van der Waals surface area contributed by atoms with E-state index in [2.05, 4.69) is 0 Å². The maximum absolute atomic E-state index is 13.6. The van der Waals surface area contributed by atoms with E-state index in [1.807, 2.05) is 48.5 Å². The van der Waals surface area contributed by atoms with Gasteiger partial charge in [-0.05, 0) is 59.9 Å². The van der Waals surface area contributed by atoms with E-state index in [1.54, 1.807) is 29.2 Å². The minimum Gasteiger partial charge on any atom is -0.294 e. The van der Waals surface area contributed by atoms with E-state index in [4.69, 9.17) is 34.8 Å². The number of hydrogen-bond acceptors (Lipinski definition) is 2. The molecule has 3 nitrogen and oxygen atoms in total. The van der Waals surface area contributed by atoms with Crippen molar-refractivity contribution in [2.45, 2.75) is 31.1 Å². The maximum atomic E-state index is 13.6. The number of hydrogen-bond donors (Lipinski definition) is 0. The zero-order valence-electron chi connectivity index (χ0n) is 17.6. The molecule has 3 aromatic carbocycles. The molecule has 1 aliphatic carbocycles. The monoisotopic (exact) mass is 495 g/mol. The second-order valence-electron chi connectivity index (χ2n) is 8.43. The van der Waals surface area contributed by atoms with E-state index in [1.165, 1.54) is 0 Å². The molecule has 6 heteroatoms. The summed E-state index contributed by atoms with van der Waals surface area (Å²) in [4.78, 5) is 28.8. The Balaban J connectivity index is 1.67. The first-order valence-electron chi connectivity index (χ1n) is 10.8. The second kappa shape index (κ2) is 8.98. The highest BCUT2D eigenvalue weighted by molar-refractivity contribution is 6.35. The number of rotatable bonds is 3. The van der Waals surface area contributed by atoms with E-state index >= 15 is 0 Å². The van der Waals surface area contributed by atoms with Gasteiger partial charge in [0.25, 0.3) is 0 Å². The lowest BCUT2D eigenvalue weighted by atomic mass is 9.72. The molecule has 2 unspecified atom stereocenters. The third kappa shape index (κ3) is 4.21. The summed E-state index contributed by atoms with van der Waals surface area (Å²) in [5.74, 6) is -0.425. The Hall–Kier alpha value is -2.59. The highest BCUT2D eigenvalue weighted by atomic mass is 35.5. The van der Waals surface area contributed by atoms with Crippen LogP contribution in [0, 0.1) is 0 Å². The van der Waals surface area contributed by atoms with Crippen LogP contribution in [0.15, 0.2) is 84.1 Å². The molecule has 2 aliphatic rings. The largest absolute Gasteiger partial charge is 0.294 e. The van der Waals surface area contributed by atoms with E-state index < -0.39 is 5.92 Å². The van der Waals surface area contributed by atoms with Crippen LogP contribution in [0.4, 0.5) is 5.69 Å². The van der Waals surface area contributed by atoms with Gasteiger partial charge in [0.05, 0.1) is 0 Å². The minimum absolute atomic E-state index is 0.000472. The number of halogens is 3. The number of nitrogens with zero attached hydrogens (tertiary/aromatic N) is 1. The predicted molar refractivity (Wildman–Crippen MR) is 133 cm³/mol. The van der Waals surface area contributed by atoms with Crippen LogP contribution in [-0.2, 0) is 9.59 Å². The van der Waals surface area contributed by atoms with Crippen LogP contribution in [0.1, 0.15) is 42.2 Å². The summed E-state index contributed by atoms with van der Waals surface area (Å²) in [5, 5.41) is 1.57. The molecule has 0 radical (unpaired) electrons. The van der Waals surface area contributed by atoms with Crippen LogP contribution in [0.2, 0.25) is 15.1 Å². The van der Waals surface area contributed by atoms with Crippen LogP contribution in [0.25, 0.3) is 0 Å². The van der Waals surface area contributed by atoms with Gasteiger partial charge in [-0.3, -0.25) is 14.5 Å². The first-order chi connectivity index (χ1) is 15.9. The van der Waals surface area contributed by atoms with Crippen molar-refractivity contribution in [2.24, 2.45) is 0 Å². The molecule has 0 bridgehead atoms. The number of allylic oxidation sites excluding steroid dienone is 2. The Morgan fingerprint density at radius 3 is 2.15 bits per heavy atom. The molecule has 0 saturated heterocycles. The maximum Gasteiger partial charge on any atom is 0.232 e. The number of benzene rings is 3. The van der Waals surface area contributed by atoms with Gasteiger partial charge in [0, 0.05) is 50.8 Å². The van der Waals surface area contributed by atoms with Crippen LogP contribution in [-0.4, -0.2) is 11.7 Å². The molecule has 0 aromatic heterocycles. The number of anilines is 1. The van der Waals surface area contributed by atoms with Crippen molar-refractivity contribution >= 4 is 52.2 Å². The second-order valence-corrected chi connectivity index (χ2v) is 9.71. The normalized spacial score (nSPS) is 20.8. The van der Waals surface area contributed by atoms with Gasteiger partial charge in [0.1, 0.15) is 0 Å². The van der Waals surface area contributed by atoms with Crippen LogP contribution in [0.3, 0.4) is 0 Å². The first-order valence-corrected chi connectivity index (χ1v) is 11.9. The van der Waals surface area contributed by atoms with Crippen molar-refractivity contribution in [3.63, 3.8) is 0 Å². The van der Waals surface area contributed by atoms with E-state index in [9.17, 15) is 9.59 Å². The van der Waals surface area contributed by atoms with Gasteiger partial charge >= 0.3 is 0 Å². The molecule has 0 spiro atoms. The highest BCUT2D eigenvalue weighted by Gasteiger charge is 2.42. The summed E-state index contributed by atoms with van der Waals surface area (Å²) >= 11 is 18.7. The lowest BCUT2D eigenvalue weighted by Gasteiger charge is -2.40. The average molecular weight is 497 g/mol. The Morgan fingerprint density at radius 2 is 1.45 bits per heavy atom. The van der Waals surface area contributed by atoms with Gasteiger partial charge in [0.15, 0.2) is 5.78 Å². The van der Waals surface area contributed by atoms with Crippen molar-refractivity contribution < 1.29 is 9.59 Å². The van der Waals surface area contributed by atoms with Gasteiger partial charge in [-0.15, -0.1) is 0 Å². The molecule has 166 valence electrons. The molecule has 3 aromatic rings. The predicted octanol–water partition coefficient (Wildman–Crippen LogP) is 7.57. The fourth-order valence-electron chi connectivity index (χ4n) is 4.94. The molecule has 1 aliphatic heterocycles. The van der Waals surface area contributed by atoms with Gasteiger partial charge in [-0.2, -0.15) is 0 Å². The molecule has 1 heterocycles. The first kappa shape index (κ1) is 22.2. The summed E-state index contributed by atoms with van der Waals surface area (Å²) in [6.45, 7) is 0. The van der Waals surface area contributed by atoms with Gasteiger partial charge in [-0.25, -0.2) is 0 Å². The number of carbonyl (C=O) groups is 2. The Bertz CT molecular complexity index is 1270. The molecule has 5 rings (SSSR count). The minimum atomic E-state index is -0.398. The molecule has 1 amide bonds. The Labute approximate surface area is 207 Å². The van der Waals surface area contributed by atoms with Gasteiger partial charge in [-0.1, -0.05) is 71.2 Å². The topological polar surface area (TPSA) is 37.4 Å². The number of carbonyl (C=O) groups excluding carboxylic acids is 2. The fourth-order valence-corrected chi connectivity index (χ4v) is 5.60. The average Bonchev–Trinajstić information content (AvgIpc) is 2.80. The van der Waals surface area contributed by atoms with Crippen molar-refractivity contribution in [3.05, 3.63) is 110 Å². The Kier molecular flexibility index (Phi) is 6.05. The summed E-state index contributed by atoms with van der Waals surface area (Å²) in [5.41, 5.74) is 3.96.